The second-order valence-electron chi connectivity index (χ2n) is 10.2. The Balaban J connectivity index is 2.03. The van der Waals surface area contributed by atoms with Gasteiger partial charge in [-0.25, -0.2) is 4.79 Å². The summed E-state index contributed by atoms with van der Waals surface area (Å²) >= 11 is 0. The van der Waals surface area contributed by atoms with Gasteiger partial charge in [0.25, 0.3) is 5.56 Å². The number of H-pyrrole nitrogens is 1. The lowest BCUT2D eigenvalue weighted by Crippen LogP contribution is -2.64. The Hall–Kier alpha value is -3.82. The number of aliphatic hydroxyl groups excluding tert-OH is 2. The number of aliphatic hydroxyl groups is 3. The molecule has 0 bridgehead atoms. The number of nitrogens with zero attached hydrogens (tertiary/aromatic N) is 1. The normalized spacial score (nSPS) is 23.9. The highest BCUT2D eigenvalue weighted by molar-refractivity contribution is 5.54. The molecule has 4 aromatic rings. The van der Waals surface area contributed by atoms with Gasteiger partial charge in [-0.3, -0.25) is 14.3 Å². The molecule has 0 amide bonds. The summed E-state index contributed by atoms with van der Waals surface area (Å²) in [6.45, 7) is 2.93. The molecule has 8 heteroatoms. The molecule has 0 aliphatic carbocycles. The maximum Gasteiger partial charge on any atom is 0.330 e. The van der Waals surface area contributed by atoms with Gasteiger partial charge in [-0.2, -0.15) is 0 Å². The first-order chi connectivity index (χ1) is 18.1. The van der Waals surface area contributed by atoms with Crippen molar-refractivity contribution in [2.75, 3.05) is 0 Å². The van der Waals surface area contributed by atoms with E-state index in [1.165, 1.54) is 20.0 Å². The van der Waals surface area contributed by atoms with E-state index in [4.69, 9.17) is 4.74 Å². The first-order valence-corrected chi connectivity index (χ1v) is 12.4. The number of nitrogens with one attached hydrogen (secondary N) is 1. The highest BCUT2D eigenvalue weighted by Gasteiger charge is 2.70. The molecule has 0 radical (unpaired) electrons. The minimum absolute atomic E-state index is 0.627. The first kappa shape index (κ1) is 25.8. The van der Waals surface area contributed by atoms with Gasteiger partial charge < -0.3 is 20.1 Å². The lowest BCUT2D eigenvalue weighted by molar-refractivity contribution is -0.203. The number of aromatic amines is 1. The fraction of sp³-hybridized carbons (Fsp3) is 0.267. The van der Waals surface area contributed by atoms with Gasteiger partial charge in [0.05, 0.1) is 11.0 Å². The van der Waals surface area contributed by atoms with Gasteiger partial charge in [0, 0.05) is 12.3 Å². The van der Waals surface area contributed by atoms with E-state index in [1.807, 2.05) is 91.0 Å². The van der Waals surface area contributed by atoms with Crippen LogP contribution in [0.25, 0.3) is 0 Å². The van der Waals surface area contributed by atoms with E-state index < -0.39 is 46.3 Å². The third-order valence-corrected chi connectivity index (χ3v) is 7.38. The molecule has 1 saturated heterocycles. The zero-order valence-corrected chi connectivity index (χ0v) is 21.1. The monoisotopic (exact) mass is 514 g/mol. The Kier molecular flexibility index (Phi) is 6.44. The summed E-state index contributed by atoms with van der Waals surface area (Å²) in [5.74, 6) is 0. The largest absolute Gasteiger partial charge is 0.388 e. The molecule has 0 saturated carbocycles. The van der Waals surface area contributed by atoms with Crippen molar-refractivity contribution in [1.82, 2.24) is 9.55 Å². The molecule has 1 fully saturated rings. The van der Waals surface area contributed by atoms with Crippen LogP contribution >= 0.6 is 0 Å². The Morgan fingerprint density at radius 1 is 0.789 bits per heavy atom. The summed E-state index contributed by atoms with van der Waals surface area (Å²) in [5.41, 5.74) is -4.65. The predicted octanol–water partition coefficient (Wildman–Crippen LogP) is 2.12. The molecule has 4 atom stereocenters. The average molecular weight is 515 g/mol. The number of aromatic nitrogens is 2. The van der Waals surface area contributed by atoms with Crippen molar-refractivity contribution in [3.05, 3.63) is 141 Å². The number of hydrogen-bond donors (Lipinski definition) is 4. The van der Waals surface area contributed by atoms with Gasteiger partial charge in [0.2, 0.25) is 0 Å². The van der Waals surface area contributed by atoms with E-state index >= 15 is 0 Å². The maximum absolute atomic E-state index is 13.6. The highest BCUT2D eigenvalue weighted by atomic mass is 16.6. The Morgan fingerprint density at radius 2 is 1.24 bits per heavy atom. The molecule has 4 N–H and O–H groups in total. The standard InChI is InChI=1S/C30H30N2O6/c1-28(2,37)26-24(34)25(35)30(38-26,32-19-18-23(33)31-27(32)36)29(20-12-6-3-7-13-20,21-14-8-4-9-15-21)22-16-10-5-11-17-22/h3-19,24-26,34-35,37H,1-2H3,(H,31,33,36)/t24-,25+,26-,30-/m0/s1. The molecule has 8 nitrogen and oxygen atoms in total. The summed E-state index contributed by atoms with van der Waals surface area (Å²) in [7, 11) is 0. The quantitative estimate of drug-likeness (QED) is 0.292. The molecule has 38 heavy (non-hydrogen) atoms. The van der Waals surface area contributed by atoms with Crippen LogP contribution in [0.3, 0.4) is 0 Å². The average Bonchev–Trinajstić information content (AvgIpc) is 3.18. The van der Waals surface area contributed by atoms with Crippen molar-refractivity contribution in [2.24, 2.45) is 0 Å². The van der Waals surface area contributed by atoms with Crippen LogP contribution in [0.4, 0.5) is 0 Å². The van der Waals surface area contributed by atoms with Crippen LogP contribution in [0, 0.1) is 0 Å². The van der Waals surface area contributed by atoms with Crippen LogP contribution in [0.2, 0.25) is 0 Å². The Morgan fingerprint density at radius 3 is 1.61 bits per heavy atom. The smallest absolute Gasteiger partial charge is 0.330 e. The summed E-state index contributed by atoms with van der Waals surface area (Å²) in [4.78, 5) is 28.0. The van der Waals surface area contributed by atoms with Gasteiger partial charge in [0.15, 0.2) is 5.72 Å². The number of hydrogen-bond acceptors (Lipinski definition) is 6. The van der Waals surface area contributed by atoms with Gasteiger partial charge in [-0.05, 0) is 30.5 Å². The summed E-state index contributed by atoms with van der Waals surface area (Å²) in [6, 6.07) is 28.9. The third-order valence-electron chi connectivity index (χ3n) is 7.38. The van der Waals surface area contributed by atoms with Gasteiger partial charge >= 0.3 is 5.69 Å². The fourth-order valence-electron chi connectivity index (χ4n) is 5.85. The van der Waals surface area contributed by atoms with Crippen LogP contribution < -0.4 is 11.2 Å². The zero-order chi connectivity index (χ0) is 27.1. The van der Waals surface area contributed by atoms with E-state index in [0.717, 1.165) is 10.6 Å². The van der Waals surface area contributed by atoms with Crippen molar-refractivity contribution in [3.8, 4) is 0 Å². The minimum Gasteiger partial charge on any atom is -0.388 e. The van der Waals surface area contributed by atoms with Crippen LogP contribution in [0.1, 0.15) is 30.5 Å². The van der Waals surface area contributed by atoms with E-state index in [-0.39, 0.29) is 0 Å². The number of benzene rings is 3. The topological polar surface area (TPSA) is 125 Å². The molecule has 1 aromatic heterocycles. The van der Waals surface area contributed by atoms with Crippen LogP contribution in [0.15, 0.2) is 113 Å². The molecule has 196 valence electrons. The summed E-state index contributed by atoms with van der Waals surface area (Å²) in [5, 5.41) is 34.5. The Bertz CT molecular complexity index is 1410. The molecular formula is C30H30N2O6. The maximum atomic E-state index is 13.6. The molecular weight excluding hydrogens is 484 g/mol. The van der Waals surface area contributed by atoms with E-state index in [9.17, 15) is 24.9 Å². The van der Waals surface area contributed by atoms with Gasteiger partial charge in [0.1, 0.15) is 18.3 Å². The van der Waals surface area contributed by atoms with Crippen molar-refractivity contribution in [1.29, 1.82) is 0 Å². The Labute approximate surface area is 219 Å². The lowest BCUT2D eigenvalue weighted by Gasteiger charge is -2.51. The molecule has 5 rings (SSSR count). The summed E-state index contributed by atoms with van der Waals surface area (Å²) < 4.78 is 7.79. The molecule has 1 aliphatic heterocycles. The van der Waals surface area contributed by atoms with Crippen molar-refractivity contribution in [3.63, 3.8) is 0 Å². The van der Waals surface area contributed by atoms with Crippen LogP contribution in [-0.2, 0) is 15.9 Å². The first-order valence-electron chi connectivity index (χ1n) is 12.4. The minimum atomic E-state index is -2.07. The third kappa shape index (κ3) is 3.76. The zero-order valence-electron chi connectivity index (χ0n) is 21.1. The predicted molar refractivity (Wildman–Crippen MR) is 142 cm³/mol. The van der Waals surface area contributed by atoms with Crippen molar-refractivity contribution < 1.29 is 20.1 Å². The van der Waals surface area contributed by atoms with E-state index in [2.05, 4.69) is 4.98 Å². The SMILES string of the molecule is CC(C)(O)[C@H]1O[C@](n2ccc(=O)[nH]c2=O)(C(c2ccccc2)(c2ccccc2)c2ccccc2)[C@H](O)[C@@H]1O. The highest BCUT2D eigenvalue weighted by Crippen LogP contribution is 2.57. The van der Waals surface area contributed by atoms with Crippen LogP contribution in [-0.4, -0.2) is 48.8 Å². The molecule has 1 aliphatic rings. The van der Waals surface area contributed by atoms with Gasteiger partial charge in [-0.15, -0.1) is 0 Å². The van der Waals surface area contributed by atoms with Crippen molar-refractivity contribution >= 4 is 0 Å². The molecule has 0 unspecified atom stereocenters. The van der Waals surface area contributed by atoms with E-state index in [1.54, 1.807) is 0 Å². The lowest BCUT2D eigenvalue weighted by atomic mass is 9.60. The fourth-order valence-corrected chi connectivity index (χ4v) is 5.85. The number of ether oxygens (including phenoxy) is 1. The van der Waals surface area contributed by atoms with Gasteiger partial charge in [-0.1, -0.05) is 91.0 Å². The van der Waals surface area contributed by atoms with E-state index in [0.29, 0.717) is 16.7 Å². The second-order valence-corrected chi connectivity index (χ2v) is 10.2. The van der Waals surface area contributed by atoms with Crippen molar-refractivity contribution in [2.45, 2.75) is 48.9 Å². The van der Waals surface area contributed by atoms with Crippen LogP contribution in [0.5, 0.6) is 0 Å². The summed E-state index contributed by atoms with van der Waals surface area (Å²) in [6.07, 6.45) is -3.37. The molecule has 3 aromatic carbocycles. The molecule has 0 spiro atoms. The second kappa shape index (κ2) is 9.49. The number of rotatable bonds is 6. The molecule has 2 heterocycles.